The van der Waals surface area contributed by atoms with Gasteiger partial charge in [-0.05, 0) is 50.8 Å². The topological polar surface area (TPSA) is 69.7 Å². The summed E-state index contributed by atoms with van der Waals surface area (Å²) in [6, 6.07) is 18.5. The van der Waals surface area contributed by atoms with Crippen molar-refractivity contribution in [3.05, 3.63) is 77.4 Å². The summed E-state index contributed by atoms with van der Waals surface area (Å²) in [5.41, 5.74) is 3.38. The van der Waals surface area contributed by atoms with E-state index in [1.165, 1.54) is 4.90 Å². The Morgan fingerprint density at radius 1 is 0.970 bits per heavy atom. The van der Waals surface area contributed by atoms with Crippen LogP contribution in [0.2, 0.25) is 0 Å². The highest BCUT2D eigenvalue weighted by atomic mass is 16.2. The summed E-state index contributed by atoms with van der Waals surface area (Å²) in [5, 5.41) is 4.73. The van der Waals surface area contributed by atoms with Gasteiger partial charge >= 0.3 is 0 Å². The monoisotopic (exact) mass is 443 g/mol. The molecule has 1 atom stereocenters. The average molecular weight is 444 g/mol. The molecule has 170 valence electrons. The number of carbonyl (C=O) groups is 3. The Bertz CT molecular complexity index is 1210. The van der Waals surface area contributed by atoms with Gasteiger partial charge in [0.2, 0.25) is 11.8 Å². The van der Waals surface area contributed by atoms with E-state index >= 15 is 0 Å². The van der Waals surface area contributed by atoms with Gasteiger partial charge in [0.25, 0.3) is 5.91 Å². The standard InChI is InChI=1S/C27H29N3O3/c1-17(2)28-26(32)19(4)29(15-20-13-11-18(3)12-14-20)24(31)16-30-23-10-6-8-21-7-5-9-22(25(21)23)27(30)33/h5-14,17,19H,15-16H2,1-4H3,(H,28,32). The highest BCUT2D eigenvalue weighted by Gasteiger charge is 2.34. The van der Waals surface area contributed by atoms with E-state index in [2.05, 4.69) is 5.32 Å². The van der Waals surface area contributed by atoms with Gasteiger partial charge in [-0.2, -0.15) is 0 Å². The van der Waals surface area contributed by atoms with Crippen LogP contribution in [0.15, 0.2) is 60.7 Å². The van der Waals surface area contributed by atoms with Crippen molar-refractivity contribution < 1.29 is 14.4 Å². The Labute approximate surface area is 194 Å². The second-order valence-corrected chi connectivity index (χ2v) is 8.92. The number of hydrogen-bond donors (Lipinski definition) is 1. The number of aryl methyl sites for hydroxylation is 1. The lowest BCUT2D eigenvalue weighted by Crippen LogP contribution is -2.51. The molecular weight excluding hydrogens is 414 g/mol. The fourth-order valence-electron chi connectivity index (χ4n) is 4.24. The molecule has 1 aliphatic rings. The fourth-order valence-corrected chi connectivity index (χ4v) is 4.24. The van der Waals surface area contributed by atoms with Crippen LogP contribution < -0.4 is 10.2 Å². The second-order valence-electron chi connectivity index (χ2n) is 8.92. The van der Waals surface area contributed by atoms with Crippen molar-refractivity contribution in [3.8, 4) is 0 Å². The average Bonchev–Trinajstić information content (AvgIpc) is 3.05. The molecule has 0 saturated heterocycles. The van der Waals surface area contributed by atoms with Crippen molar-refractivity contribution in [3.63, 3.8) is 0 Å². The number of rotatable bonds is 7. The van der Waals surface area contributed by atoms with E-state index in [1.807, 2.05) is 75.4 Å². The van der Waals surface area contributed by atoms with Crippen LogP contribution in [-0.2, 0) is 16.1 Å². The summed E-state index contributed by atoms with van der Waals surface area (Å²) in [7, 11) is 0. The molecule has 0 bridgehead atoms. The predicted molar refractivity (Wildman–Crippen MR) is 130 cm³/mol. The van der Waals surface area contributed by atoms with Crippen LogP contribution in [-0.4, -0.2) is 41.2 Å². The molecule has 0 aliphatic carbocycles. The van der Waals surface area contributed by atoms with Gasteiger partial charge in [-0.15, -0.1) is 0 Å². The van der Waals surface area contributed by atoms with E-state index in [0.29, 0.717) is 5.56 Å². The van der Waals surface area contributed by atoms with E-state index in [9.17, 15) is 14.4 Å². The lowest BCUT2D eigenvalue weighted by atomic mass is 10.1. The maximum Gasteiger partial charge on any atom is 0.259 e. The van der Waals surface area contributed by atoms with Crippen molar-refractivity contribution in [2.75, 3.05) is 11.4 Å². The molecule has 33 heavy (non-hydrogen) atoms. The third kappa shape index (κ3) is 4.46. The Hall–Kier alpha value is -3.67. The zero-order valence-corrected chi connectivity index (χ0v) is 19.5. The lowest BCUT2D eigenvalue weighted by Gasteiger charge is -2.31. The second kappa shape index (κ2) is 9.06. The summed E-state index contributed by atoms with van der Waals surface area (Å²) in [6.07, 6.45) is 0. The summed E-state index contributed by atoms with van der Waals surface area (Å²) in [4.78, 5) is 42.6. The highest BCUT2D eigenvalue weighted by molar-refractivity contribution is 6.26. The first kappa shape index (κ1) is 22.5. The highest BCUT2D eigenvalue weighted by Crippen LogP contribution is 2.37. The molecule has 3 aromatic carbocycles. The number of hydrogen-bond acceptors (Lipinski definition) is 3. The lowest BCUT2D eigenvalue weighted by molar-refractivity contribution is -0.139. The molecule has 0 spiro atoms. The van der Waals surface area contributed by atoms with Gasteiger partial charge in [0.05, 0.1) is 5.69 Å². The molecule has 0 aromatic heterocycles. The van der Waals surface area contributed by atoms with E-state index in [1.54, 1.807) is 17.9 Å². The third-order valence-corrected chi connectivity index (χ3v) is 6.01. The summed E-state index contributed by atoms with van der Waals surface area (Å²) in [5.74, 6) is -0.687. The van der Waals surface area contributed by atoms with Crippen LogP contribution in [0.3, 0.4) is 0 Å². The van der Waals surface area contributed by atoms with Crippen LogP contribution in [0, 0.1) is 6.92 Å². The predicted octanol–water partition coefficient (Wildman–Crippen LogP) is 4.05. The third-order valence-electron chi connectivity index (χ3n) is 6.01. The minimum Gasteiger partial charge on any atom is -0.352 e. The maximum absolute atomic E-state index is 13.6. The minimum absolute atomic E-state index is 0.0384. The zero-order chi connectivity index (χ0) is 23.7. The van der Waals surface area contributed by atoms with E-state index in [4.69, 9.17) is 0 Å². The number of benzene rings is 3. The normalized spacial score (nSPS) is 13.5. The number of carbonyl (C=O) groups excluding carboxylic acids is 3. The van der Waals surface area contributed by atoms with Crippen molar-refractivity contribution in [2.24, 2.45) is 0 Å². The molecule has 6 heteroatoms. The first-order valence-electron chi connectivity index (χ1n) is 11.2. The van der Waals surface area contributed by atoms with Crippen molar-refractivity contribution in [1.29, 1.82) is 0 Å². The van der Waals surface area contributed by atoms with Crippen molar-refractivity contribution in [2.45, 2.75) is 46.3 Å². The first-order chi connectivity index (χ1) is 15.8. The first-order valence-corrected chi connectivity index (χ1v) is 11.2. The van der Waals surface area contributed by atoms with Gasteiger partial charge in [-0.3, -0.25) is 19.3 Å². The van der Waals surface area contributed by atoms with Crippen LogP contribution in [0.4, 0.5) is 5.69 Å². The number of nitrogens with zero attached hydrogens (tertiary/aromatic N) is 2. The van der Waals surface area contributed by atoms with Gasteiger partial charge in [0.1, 0.15) is 12.6 Å². The summed E-state index contributed by atoms with van der Waals surface area (Å²) in [6.45, 7) is 7.66. The van der Waals surface area contributed by atoms with Crippen molar-refractivity contribution >= 4 is 34.2 Å². The molecule has 4 rings (SSSR count). The summed E-state index contributed by atoms with van der Waals surface area (Å²) >= 11 is 0. The fraction of sp³-hybridized carbons (Fsp3) is 0.296. The molecule has 0 fully saturated rings. The molecule has 1 N–H and O–H groups in total. The van der Waals surface area contributed by atoms with E-state index in [-0.39, 0.29) is 36.9 Å². The SMILES string of the molecule is Cc1ccc(CN(C(=O)CN2C(=O)c3cccc4cccc2c34)C(C)C(=O)NC(C)C)cc1. The number of nitrogens with one attached hydrogen (secondary N) is 1. The largest absolute Gasteiger partial charge is 0.352 e. The molecule has 0 radical (unpaired) electrons. The van der Waals surface area contributed by atoms with Gasteiger partial charge in [-0.25, -0.2) is 0 Å². The van der Waals surface area contributed by atoms with Crippen LogP contribution in [0.1, 0.15) is 42.3 Å². The zero-order valence-electron chi connectivity index (χ0n) is 19.5. The van der Waals surface area contributed by atoms with Crippen LogP contribution in [0.25, 0.3) is 10.8 Å². The molecule has 3 amide bonds. The molecular formula is C27H29N3O3. The molecule has 1 heterocycles. The number of anilines is 1. The smallest absolute Gasteiger partial charge is 0.259 e. The minimum atomic E-state index is -0.683. The summed E-state index contributed by atoms with van der Waals surface area (Å²) < 4.78 is 0. The Morgan fingerprint density at radius 2 is 1.64 bits per heavy atom. The van der Waals surface area contributed by atoms with E-state index in [0.717, 1.165) is 27.6 Å². The Kier molecular flexibility index (Phi) is 6.18. The maximum atomic E-state index is 13.6. The van der Waals surface area contributed by atoms with E-state index < -0.39 is 6.04 Å². The van der Waals surface area contributed by atoms with Crippen molar-refractivity contribution in [1.82, 2.24) is 10.2 Å². The van der Waals surface area contributed by atoms with Gasteiger partial charge < -0.3 is 10.2 Å². The van der Waals surface area contributed by atoms with Gasteiger partial charge in [0, 0.05) is 23.5 Å². The molecule has 0 saturated carbocycles. The molecule has 3 aromatic rings. The van der Waals surface area contributed by atoms with Gasteiger partial charge in [-0.1, -0.05) is 54.1 Å². The molecule has 1 aliphatic heterocycles. The molecule has 1 unspecified atom stereocenters. The molecule has 6 nitrogen and oxygen atoms in total. The van der Waals surface area contributed by atoms with Crippen LogP contribution >= 0.6 is 0 Å². The van der Waals surface area contributed by atoms with Crippen LogP contribution in [0.5, 0.6) is 0 Å². The Morgan fingerprint density at radius 3 is 2.30 bits per heavy atom. The Balaban J connectivity index is 1.62. The van der Waals surface area contributed by atoms with Gasteiger partial charge in [0.15, 0.2) is 0 Å². The number of amides is 3. The quantitative estimate of drug-likeness (QED) is 0.599.